The first-order valence-corrected chi connectivity index (χ1v) is 6.58. The topological polar surface area (TPSA) is 59.1 Å². The molecule has 0 aliphatic heterocycles. The number of nitrogens with two attached hydrogens (primary N) is 1. The Kier molecular flexibility index (Phi) is 4.52. The molecule has 3 nitrogen and oxygen atoms in total. The van der Waals surface area contributed by atoms with Gasteiger partial charge >= 0.3 is 0 Å². The Morgan fingerprint density at radius 1 is 1.14 bits per heavy atom. The van der Waals surface area contributed by atoms with E-state index in [0.29, 0.717) is 4.47 Å². The predicted octanol–water partition coefficient (Wildman–Crippen LogP) is 3.73. The standard InChI is InChI=1S/C14H10BrF3N2O/c15-9-4-11(17)13(18)12(5-9)21-6-8-2-1-7(14(19)20)3-10(8)16/h1-5H,6H2,(H3,19,20). The van der Waals surface area contributed by atoms with E-state index in [1.165, 1.54) is 18.2 Å². The molecule has 0 unspecified atom stereocenters. The van der Waals surface area contributed by atoms with Crippen LogP contribution in [0.2, 0.25) is 0 Å². The van der Waals surface area contributed by atoms with Crippen LogP contribution in [-0.4, -0.2) is 5.84 Å². The van der Waals surface area contributed by atoms with Crippen molar-refractivity contribution in [1.29, 1.82) is 5.41 Å². The molecule has 0 aromatic heterocycles. The average molecular weight is 359 g/mol. The second-order valence-corrected chi connectivity index (χ2v) is 5.12. The summed E-state index contributed by atoms with van der Waals surface area (Å²) in [7, 11) is 0. The first kappa shape index (κ1) is 15.4. The number of rotatable bonds is 4. The lowest BCUT2D eigenvalue weighted by molar-refractivity contribution is 0.279. The Bertz CT molecular complexity index is 707. The maximum Gasteiger partial charge on any atom is 0.200 e. The second-order valence-electron chi connectivity index (χ2n) is 4.21. The Hall–Kier alpha value is -2.02. The van der Waals surface area contributed by atoms with E-state index in [-0.39, 0.29) is 29.3 Å². The highest BCUT2D eigenvalue weighted by Gasteiger charge is 2.13. The van der Waals surface area contributed by atoms with Crippen molar-refractivity contribution in [3.8, 4) is 5.75 Å². The van der Waals surface area contributed by atoms with Gasteiger partial charge in [-0.25, -0.2) is 8.78 Å². The third-order valence-corrected chi connectivity index (χ3v) is 3.16. The Balaban J connectivity index is 2.19. The van der Waals surface area contributed by atoms with Gasteiger partial charge in [-0.15, -0.1) is 0 Å². The van der Waals surface area contributed by atoms with Crippen LogP contribution in [0.25, 0.3) is 0 Å². The van der Waals surface area contributed by atoms with Crippen molar-refractivity contribution in [2.24, 2.45) is 5.73 Å². The van der Waals surface area contributed by atoms with E-state index in [4.69, 9.17) is 15.9 Å². The molecule has 21 heavy (non-hydrogen) atoms. The van der Waals surface area contributed by atoms with Gasteiger partial charge in [0.05, 0.1) is 0 Å². The van der Waals surface area contributed by atoms with Crippen LogP contribution >= 0.6 is 15.9 Å². The van der Waals surface area contributed by atoms with E-state index in [9.17, 15) is 13.2 Å². The van der Waals surface area contributed by atoms with Crippen molar-refractivity contribution in [3.05, 3.63) is 63.4 Å². The van der Waals surface area contributed by atoms with Crippen molar-refractivity contribution < 1.29 is 17.9 Å². The zero-order chi connectivity index (χ0) is 15.6. The minimum Gasteiger partial charge on any atom is -0.486 e. The van der Waals surface area contributed by atoms with Gasteiger partial charge < -0.3 is 10.5 Å². The molecule has 0 aliphatic carbocycles. The number of hydrogen-bond acceptors (Lipinski definition) is 2. The van der Waals surface area contributed by atoms with Crippen molar-refractivity contribution in [3.63, 3.8) is 0 Å². The largest absolute Gasteiger partial charge is 0.486 e. The lowest BCUT2D eigenvalue weighted by Gasteiger charge is -2.10. The number of nitrogens with one attached hydrogen (secondary N) is 1. The molecule has 0 saturated heterocycles. The summed E-state index contributed by atoms with van der Waals surface area (Å²) in [6.45, 7) is -0.281. The highest BCUT2D eigenvalue weighted by atomic mass is 79.9. The molecule has 2 rings (SSSR count). The van der Waals surface area contributed by atoms with Gasteiger partial charge in [0.2, 0.25) is 5.82 Å². The molecule has 2 aromatic rings. The van der Waals surface area contributed by atoms with Crippen LogP contribution in [0.1, 0.15) is 11.1 Å². The fraction of sp³-hybridized carbons (Fsp3) is 0.0714. The maximum atomic E-state index is 13.8. The lowest BCUT2D eigenvalue weighted by atomic mass is 10.1. The molecule has 2 aromatic carbocycles. The van der Waals surface area contributed by atoms with Gasteiger partial charge in [0.1, 0.15) is 18.3 Å². The molecular weight excluding hydrogens is 349 g/mol. The van der Waals surface area contributed by atoms with Crippen LogP contribution in [0.4, 0.5) is 13.2 Å². The number of amidine groups is 1. The lowest BCUT2D eigenvalue weighted by Crippen LogP contribution is -2.12. The molecule has 0 saturated carbocycles. The molecule has 0 aliphatic rings. The fourth-order valence-electron chi connectivity index (χ4n) is 1.62. The molecule has 3 N–H and O–H groups in total. The average Bonchev–Trinajstić information content (AvgIpc) is 2.42. The molecule has 0 fully saturated rings. The molecule has 0 atom stereocenters. The summed E-state index contributed by atoms with van der Waals surface area (Å²) in [5, 5.41) is 7.20. The van der Waals surface area contributed by atoms with Crippen molar-refractivity contribution >= 4 is 21.8 Å². The molecular formula is C14H10BrF3N2O. The van der Waals surface area contributed by atoms with Gasteiger partial charge in [-0.05, 0) is 18.2 Å². The highest BCUT2D eigenvalue weighted by Crippen LogP contribution is 2.26. The summed E-state index contributed by atoms with van der Waals surface area (Å²) < 4.78 is 45.9. The first-order chi connectivity index (χ1) is 9.88. The predicted molar refractivity (Wildman–Crippen MR) is 75.8 cm³/mol. The summed E-state index contributed by atoms with van der Waals surface area (Å²) in [6, 6.07) is 6.11. The van der Waals surface area contributed by atoms with Crippen LogP contribution < -0.4 is 10.5 Å². The summed E-state index contributed by atoms with van der Waals surface area (Å²) in [5.41, 5.74) is 5.61. The number of halogens is 4. The molecule has 110 valence electrons. The van der Waals surface area contributed by atoms with Gasteiger partial charge in [-0.3, -0.25) is 5.41 Å². The molecule has 7 heteroatoms. The van der Waals surface area contributed by atoms with E-state index < -0.39 is 17.5 Å². The number of ether oxygens (including phenoxy) is 1. The number of benzene rings is 2. The zero-order valence-corrected chi connectivity index (χ0v) is 12.2. The van der Waals surface area contributed by atoms with Gasteiger partial charge in [0.25, 0.3) is 0 Å². The molecule has 0 spiro atoms. The van der Waals surface area contributed by atoms with Crippen LogP contribution in [-0.2, 0) is 6.61 Å². The monoisotopic (exact) mass is 358 g/mol. The Labute approximate surface area is 127 Å². The van der Waals surface area contributed by atoms with Gasteiger partial charge in [0.15, 0.2) is 11.6 Å². The van der Waals surface area contributed by atoms with Crippen LogP contribution in [0.3, 0.4) is 0 Å². The zero-order valence-electron chi connectivity index (χ0n) is 10.6. The molecule has 0 amide bonds. The van der Waals surface area contributed by atoms with E-state index in [1.54, 1.807) is 0 Å². The maximum absolute atomic E-state index is 13.8. The normalized spacial score (nSPS) is 10.5. The Morgan fingerprint density at radius 3 is 2.48 bits per heavy atom. The fourth-order valence-corrected chi connectivity index (χ4v) is 2.03. The van der Waals surface area contributed by atoms with E-state index in [1.807, 2.05) is 0 Å². The van der Waals surface area contributed by atoms with Gasteiger partial charge in [-0.2, -0.15) is 4.39 Å². The summed E-state index contributed by atoms with van der Waals surface area (Å²) in [6.07, 6.45) is 0. The van der Waals surface area contributed by atoms with Crippen LogP contribution in [0.15, 0.2) is 34.8 Å². The summed E-state index contributed by atoms with van der Waals surface area (Å²) >= 11 is 3.02. The minimum atomic E-state index is -1.14. The minimum absolute atomic E-state index is 0.139. The molecule has 0 heterocycles. The van der Waals surface area contributed by atoms with E-state index in [0.717, 1.165) is 12.1 Å². The quantitative estimate of drug-likeness (QED) is 0.497. The van der Waals surface area contributed by atoms with Crippen molar-refractivity contribution in [2.75, 3.05) is 0 Å². The van der Waals surface area contributed by atoms with Crippen LogP contribution in [0.5, 0.6) is 5.75 Å². The van der Waals surface area contributed by atoms with E-state index in [2.05, 4.69) is 15.9 Å². The smallest absolute Gasteiger partial charge is 0.200 e. The summed E-state index contributed by atoms with van der Waals surface area (Å²) in [4.78, 5) is 0. The molecule has 0 bridgehead atoms. The van der Waals surface area contributed by atoms with Gasteiger partial charge in [0, 0.05) is 15.6 Å². The third-order valence-electron chi connectivity index (χ3n) is 2.71. The molecule has 0 radical (unpaired) electrons. The van der Waals surface area contributed by atoms with Crippen LogP contribution in [0, 0.1) is 22.9 Å². The Morgan fingerprint density at radius 2 is 1.86 bits per heavy atom. The van der Waals surface area contributed by atoms with Crippen molar-refractivity contribution in [1.82, 2.24) is 0 Å². The van der Waals surface area contributed by atoms with Crippen molar-refractivity contribution in [2.45, 2.75) is 6.61 Å². The SMILES string of the molecule is N=C(N)c1ccc(COc2cc(Br)cc(F)c2F)c(F)c1. The third kappa shape index (κ3) is 3.55. The van der Waals surface area contributed by atoms with Gasteiger partial charge in [-0.1, -0.05) is 28.1 Å². The number of hydrogen-bond donors (Lipinski definition) is 2. The summed E-state index contributed by atoms with van der Waals surface area (Å²) in [5.74, 6) is -3.43. The second kappa shape index (κ2) is 6.17. The first-order valence-electron chi connectivity index (χ1n) is 5.78. The van der Waals surface area contributed by atoms with E-state index >= 15 is 0 Å². The highest BCUT2D eigenvalue weighted by molar-refractivity contribution is 9.10. The number of nitrogen functional groups attached to an aromatic ring is 1.